The van der Waals surface area contributed by atoms with Crippen molar-refractivity contribution < 1.29 is 28.5 Å². The number of fused-ring (bicyclic) bond motifs is 4. The number of piperazine rings is 1. The van der Waals surface area contributed by atoms with E-state index in [2.05, 4.69) is 42.3 Å². The van der Waals surface area contributed by atoms with E-state index in [-0.39, 0.29) is 35.3 Å². The van der Waals surface area contributed by atoms with Crippen LogP contribution >= 0.6 is 0 Å². The molecule has 4 aromatic rings. The van der Waals surface area contributed by atoms with Crippen LogP contribution in [0.4, 0.5) is 15.0 Å². The van der Waals surface area contributed by atoms with Gasteiger partial charge in [0.2, 0.25) is 0 Å². The second-order valence-corrected chi connectivity index (χ2v) is 12.6. The molecule has 2 aliphatic rings. The molecule has 236 valence electrons. The zero-order chi connectivity index (χ0) is 32.1. The van der Waals surface area contributed by atoms with Crippen molar-refractivity contribution in [1.82, 2.24) is 24.8 Å². The highest BCUT2D eigenvalue weighted by atomic mass is 19.1. The Morgan fingerprint density at radius 3 is 2.69 bits per heavy atom. The molecule has 2 unspecified atom stereocenters. The zero-order valence-corrected chi connectivity index (χ0v) is 26.1. The summed E-state index contributed by atoms with van der Waals surface area (Å²) in [6.07, 6.45) is 6.39. The summed E-state index contributed by atoms with van der Waals surface area (Å²) in [5, 5.41) is 12.2. The third kappa shape index (κ3) is 5.01. The van der Waals surface area contributed by atoms with Gasteiger partial charge in [0.05, 0.1) is 17.0 Å². The number of hydrogen-bond donors (Lipinski definition) is 1. The third-order valence-electron chi connectivity index (χ3n) is 9.31. The quantitative estimate of drug-likeness (QED) is 0.244. The lowest BCUT2D eigenvalue weighted by atomic mass is 9.71. The van der Waals surface area contributed by atoms with Crippen molar-refractivity contribution in [3.05, 3.63) is 54.7 Å². The molecule has 1 aromatic carbocycles. The number of benzene rings is 1. The maximum Gasteiger partial charge on any atom is 0.408 e. The van der Waals surface area contributed by atoms with Crippen molar-refractivity contribution >= 4 is 39.7 Å². The van der Waals surface area contributed by atoms with Crippen LogP contribution in [-0.4, -0.2) is 87.8 Å². The van der Waals surface area contributed by atoms with E-state index in [1.54, 1.807) is 29.6 Å². The zero-order valence-electron chi connectivity index (χ0n) is 26.1. The van der Waals surface area contributed by atoms with Crippen LogP contribution in [-0.2, 0) is 9.47 Å². The van der Waals surface area contributed by atoms with Crippen molar-refractivity contribution in [3.8, 4) is 17.3 Å². The summed E-state index contributed by atoms with van der Waals surface area (Å²) in [6, 6.07) is 5.39. The molecule has 2 fully saturated rings. The maximum absolute atomic E-state index is 16.8. The van der Waals surface area contributed by atoms with Gasteiger partial charge in [-0.2, -0.15) is 9.97 Å². The van der Waals surface area contributed by atoms with E-state index >= 15 is 4.39 Å². The van der Waals surface area contributed by atoms with E-state index in [1.165, 1.54) is 14.2 Å². The van der Waals surface area contributed by atoms with Crippen LogP contribution in [0, 0.1) is 11.2 Å². The SMILES string of the molecule is C=Cc1cccc2cncc(-c3ncc4c(N5CC6CCC(C(C)(C)C)(C5)N6C(=O)O)nc(OCC(OC)OC)nc4c3F)c12. The minimum Gasteiger partial charge on any atom is -0.465 e. The fraction of sp³-hybridized carbons (Fsp3) is 0.424. The number of anilines is 1. The van der Waals surface area contributed by atoms with Crippen LogP contribution in [0.5, 0.6) is 6.01 Å². The number of pyridine rings is 2. The van der Waals surface area contributed by atoms with E-state index in [0.29, 0.717) is 42.7 Å². The normalized spacial score (nSPS) is 19.9. The van der Waals surface area contributed by atoms with Gasteiger partial charge in [-0.05, 0) is 23.8 Å². The molecular formula is C33H37FN6O5. The average molecular weight is 617 g/mol. The standard InChI is InChI=1S/C33H37FN6O5/c1-7-19-9-8-10-20-13-35-14-22(25(19)20)27-26(34)28-23(15-36-27)29(38-30(37-28)45-17-24(43-5)44-6)39-16-21-11-12-33(18-39,32(2,3)4)40(21)31(41)42/h7-10,13-15,21,24H,1,11-12,16-18H2,2-6H3,(H,41,42). The lowest BCUT2D eigenvalue weighted by molar-refractivity contribution is -0.123. The molecule has 0 saturated carbocycles. The number of methoxy groups -OCH3 is 2. The van der Waals surface area contributed by atoms with Crippen molar-refractivity contribution in [1.29, 1.82) is 0 Å². The van der Waals surface area contributed by atoms with Gasteiger partial charge in [0.15, 0.2) is 12.1 Å². The van der Waals surface area contributed by atoms with Crippen LogP contribution in [0.25, 0.3) is 39.0 Å². The lowest BCUT2D eigenvalue weighted by Crippen LogP contribution is -2.68. The van der Waals surface area contributed by atoms with Crippen LogP contribution in [0.2, 0.25) is 0 Å². The molecule has 2 atom stereocenters. The van der Waals surface area contributed by atoms with Gasteiger partial charge in [-0.25, -0.2) is 9.18 Å². The van der Waals surface area contributed by atoms with Gasteiger partial charge < -0.3 is 24.2 Å². The Bertz CT molecular complexity index is 1790. The number of amides is 1. The van der Waals surface area contributed by atoms with Gasteiger partial charge in [0, 0.05) is 62.2 Å². The highest BCUT2D eigenvalue weighted by molar-refractivity contribution is 6.02. The Hall–Kier alpha value is -4.42. The Morgan fingerprint density at radius 1 is 1.22 bits per heavy atom. The van der Waals surface area contributed by atoms with E-state index in [9.17, 15) is 9.90 Å². The number of rotatable bonds is 8. The smallest absolute Gasteiger partial charge is 0.408 e. The summed E-state index contributed by atoms with van der Waals surface area (Å²) in [4.78, 5) is 34.4. The van der Waals surface area contributed by atoms with Crippen LogP contribution in [0.1, 0.15) is 39.2 Å². The second kappa shape index (κ2) is 11.5. The predicted molar refractivity (Wildman–Crippen MR) is 169 cm³/mol. The predicted octanol–water partition coefficient (Wildman–Crippen LogP) is 5.77. The molecule has 1 N–H and O–H groups in total. The molecule has 2 aliphatic heterocycles. The fourth-order valence-corrected chi connectivity index (χ4v) is 6.95. The molecule has 3 aromatic heterocycles. The summed E-state index contributed by atoms with van der Waals surface area (Å²) in [5.41, 5.74) is 0.369. The summed E-state index contributed by atoms with van der Waals surface area (Å²) >= 11 is 0. The summed E-state index contributed by atoms with van der Waals surface area (Å²) in [7, 11) is 2.97. The molecule has 5 heterocycles. The molecule has 6 rings (SSSR count). The van der Waals surface area contributed by atoms with Gasteiger partial charge in [0.1, 0.15) is 23.6 Å². The van der Waals surface area contributed by atoms with Gasteiger partial charge in [0.25, 0.3) is 0 Å². The number of nitrogens with zero attached hydrogens (tertiary/aromatic N) is 6. The molecule has 12 heteroatoms. The monoisotopic (exact) mass is 616 g/mol. The molecule has 2 bridgehead atoms. The molecule has 0 spiro atoms. The Labute approximate surface area is 260 Å². The molecule has 45 heavy (non-hydrogen) atoms. The largest absolute Gasteiger partial charge is 0.465 e. The van der Waals surface area contributed by atoms with Crippen molar-refractivity contribution in [2.45, 2.75) is 51.5 Å². The van der Waals surface area contributed by atoms with E-state index in [4.69, 9.17) is 19.2 Å². The highest BCUT2D eigenvalue weighted by Crippen LogP contribution is 2.50. The van der Waals surface area contributed by atoms with E-state index in [1.807, 2.05) is 23.1 Å². The van der Waals surface area contributed by atoms with Crippen LogP contribution in [0.15, 0.2) is 43.4 Å². The van der Waals surface area contributed by atoms with Gasteiger partial charge in [-0.3, -0.25) is 14.9 Å². The maximum atomic E-state index is 16.8. The Kier molecular flexibility index (Phi) is 7.82. The molecule has 0 aliphatic carbocycles. The highest BCUT2D eigenvalue weighted by Gasteiger charge is 2.59. The first-order valence-electron chi connectivity index (χ1n) is 14.8. The first-order chi connectivity index (χ1) is 21.5. The molecule has 11 nitrogen and oxygen atoms in total. The Balaban J connectivity index is 1.53. The van der Waals surface area contributed by atoms with E-state index < -0.39 is 23.7 Å². The number of ether oxygens (including phenoxy) is 3. The molecular weight excluding hydrogens is 579 g/mol. The summed E-state index contributed by atoms with van der Waals surface area (Å²) < 4.78 is 33.2. The fourth-order valence-electron chi connectivity index (χ4n) is 6.95. The van der Waals surface area contributed by atoms with Crippen molar-refractivity contribution in [2.24, 2.45) is 5.41 Å². The third-order valence-corrected chi connectivity index (χ3v) is 9.31. The minimum atomic E-state index is -0.936. The average Bonchev–Trinajstić information content (AvgIpc) is 3.28. The van der Waals surface area contributed by atoms with Gasteiger partial charge >= 0.3 is 12.1 Å². The number of carbonyl (C=O) groups is 1. The number of aromatic nitrogens is 4. The molecule has 0 radical (unpaired) electrons. The van der Waals surface area contributed by atoms with Crippen LogP contribution < -0.4 is 9.64 Å². The first-order valence-corrected chi connectivity index (χ1v) is 14.8. The molecule has 2 saturated heterocycles. The minimum absolute atomic E-state index is 0.0253. The summed E-state index contributed by atoms with van der Waals surface area (Å²) in [6.45, 7) is 10.8. The number of halogens is 1. The van der Waals surface area contributed by atoms with Gasteiger partial charge in [-0.1, -0.05) is 51.6 Å². The molecule has 1 amide bonds. The van der Waals surface area contributed by atoms with Crippen LogP contribution in [0.3, 0.4) is 0 Å². The van der Waals surface area contributed by atoms with Crippen molar-refractivity contribution in [2.75, 3.05) is 38.8 Å². The topological polar surface area (TPSA) is 123 Å². The Morgan fingerprint density at radius 2 is 2.00 bits per heavy atom. The number of hydrogen-bond acceptors (Lipinski definition) is 9. The summed E-state index contributed by atoms with van der Waals surface area (Å²) in [5.74, 6) is -0.227. The second-order valence-electron chi connectivity index (χ2n) is 12.6. The van der Waals surface area contributed by atoms with Crippen molar-refractivity contribution in [3.63, 3.8) is 0 Å². The van der Waals surface area contributed by atoms with E-state index in [0.717, 1.165) is 16.3 Å². The first kappa shape index (κ1) is 30.6. The lowest BCUT2D eigenvalue weighted by Gasteiger charge is -2.54. The van der Waals surface area contributed by atoms with Gasteiger partial charge in [-0.15, -0.1) is 0 Å². The number of carboxylic acid groups (broad SMARTS) is 1.